The Kier molecular flexibility index (Phi) is 10.0. The Morgan fingerprint density at radius 2 is 1.30 bits per heavy atom. The second-order valence-electron chi connectivity index (χ2n) is 9.06. The number of benzene rings is 3. The molecule has 0 atom stereocenters. The molecule has 0 bridgehead atoms. The Bertz CT molecular complexity index is 1370. The molecule has 3 rings (SSSR count). The highest BCUT2D eigenvalue weighted by molar-refractivity contribution is 5.92. The van der Waals surface area contributed by atoms with Crippen molar-refractivity contribution in [3.63, 3.8) is 0 Å². The van der Waals surface area contributed by atoms with Gasteiger partial charge in [-0.05, 0) is 72.2 Å². The van der Waals surface area contributed by atoms with E-state index in [4.69, 9.17) is 4.74 Å². The SMILES string of the molecule is CCCCCc1ccc(-c2ccc(C(=O)Oc3ccc(CCCCC)c(C#N)c3C#N)cc2)cc1C#N. The molecule has 0 N–H and O–H groups in total. The quantitative estimate of drug-likeness (QED) is 0.156. The maximum atomic E-state index is 12.8. The van der Waals surface area contributed by atoms with Gasteiger partial charge in [-0.1, -0.05) is 69.9 Å². The first kappa shape index (κ1) is 27.2. The van der Waals surface area contributed by atoms with Gasteiger partial charge in [-0.25, -0.2) is 4.79 Å². The van der Waals surface area contributed by atoms with Crippen molar-refractivity contribution in [1.29, 1.82) is 15.8 Å². The summed E-state index contributed by atoms with van der Waals surface area (Å²) in [5, 5.41) is 28.9. The van der Waals surface area contributed by atoms with Gasteiger partial charge in [-0.2, -0.15) is 15.8 Å². The molecule has 5 heteroatoms. The Balaban J connectivity index is 1.77. The molecule has 5 nitrogen and oxygen atoms in total. The molecule has 186 valence electrons. The highest BCUT2D eigenvalue weighted by Gasteiger charge is 2.18. The van der Waals surface area contributed by atoms with Gasteiger partial charge in [0.1, 0.15) is 23.5 Å². The zero-order chi connectivity index (χ0) is 26.6. The van der Waals surface area contributed by atoms with E-state index in [-0.39, 0.29) is 16.9 Å². The molecule has 0 aliphatic heterocycles. The lowest BCUT2D eigenvalue weighted by molar-refractivity contribution is 0.0734. The lowest BCUT2D eigenvalue weighted by atomic mass is 9.96. The van der Waals surface area contributed by atoms with Crippen molar-refractivity contribution in [2.75, 3.05) is 0 Å². The molecule has 37 heavy (non-hydrogen) atoms. The van der Waals surface area contributed by atoms with Crippen molar-refractivity contribution >= 4 is 5.97 Å². The van der Waals surface area contributed by atoms with Crippen molar-refractivity contribution in [2.24, 2.45) is 0 Å². The molecule has 0 heterocycles. The highest BCUT2D eigenvalue weighted by atomic mass is 16.5. The summed E-state index contributed by atoms with van der Waals surface area (Å²) in [5.41, 5.74) is 5.00. The van der Waals surface area contributed by atoms with Crippen LogP contribution in [0.3, 0.4) is 0 Å². The summed E-state index contributed by atoms with van der Waals surface area (Å²) in [6, 6.07) is 22.7. The second-order valence-corrected chi connectivity index (χ2v) is 9.06. The minimum absolute atomic E-state index is 0.0875. The Hall–Kier alpha value is -4.40. The molecule has 0 saturated carbocycles. The van der Waals surface area contributed by atoms with E-state index in [2.05, 4.69) is 26.0 Å². The van der Waals surface area contributed by atoms with Gasteiger partial charge in [0, 0.05) is 0 Å². The molecule has 0 spiro atoms. The predicted molar refractivity (Wildman–Crippen MR) is 144 cm³/mol. The van der Waals surface area contributed by atoms with E-state index in [1.807, 2.05) is 36.4 Å². The van der Waals surface area contributed by atoms with Crippen LogP contribution in [0.2, 0.25) is 0 Å². The number of nitrogens with zero attached hydrogens (tertiary/aromatic N) is 3. The summed E-state index contributed by atoms with van der Waals surface area (Å²) < 4.78 is 5.53. The minimum atomic E-state index is -0.602. The zero-order valence-electron chi connectivity index (χ0n) is 21.5. The zero-order valence-corrected chi connectivity index (χ0v) is 21.5. The number of hydrogen-bond acceptors (Lipinski definition) is 5. The third kappa shape index (κ3) is 6.84. The van der Waals surface area contributed by atoms with Crippen LogP contribution in [0.1, 0.15) is 90.5 Å². The molecule has 0 unspecified atom stereocenters. The lowest BCUT2D eigenvalue weighted by Gasteiger charge is -2.11. The fourth-order valence-electron chi connectivity index (χ4n) is 4.33. The number of unbranched alkanes of at least 4 members (excludes halogenated alkanes) is 4. The van der Waals surface area contributed by atoms with E-state index in [1.165, 1.54) is 0 Å². The smallest absolute Gasteiger partial charge is 0.343 e. The molecular weight excluding hydrogens is 458 g/mol. The molecule has 0 aliphatic carbocycles. The summed E-state index contributed by atoms with van der Waals surface area (Å²) >= 11 is 0. The number of aryl methyl sites for hydroxylation is 2. The normalized spacial score (nSPS) is 10.2. The Morgan fingerprint density at radius 1 is 0.703 bits per heavy atom. The van der Waals surface area contributed by atoms with Crippen LogP contribution in [-0.4, -0.2) is 5.97 Å². The van der Waals surface area contributed by atoms with E-state index in [0.29, 0.717) is 17.5 Å². The lowest BCUT2D eigenvalue weighted by Crippen LogP contribution is -2.10. The van der Waals surface area contributed by atoms with Crippen molar-refractivity contribution < 1.29 is 9.53 Å². The van der Waals surface area contributed by atoms with Gasteiger partial charge in [0.25, 0.3) is 0 Å². The van der Waals surface area contributed by atoms with Crippen LogP contribution >= 0.6 is 0 Å². The van der Waals surface area contributed by atoms with E-state index in [1.54, 1.807) is 24.3 Å². The summed E-state index contributed by atoms with van der Waals surface area (Å²) in [6.45, 7) is 4.26. The average Bonchev–Trinajstić information content (AvgIpc) is 2.93. The molecule has 3 aromatic carbocycles. The predicted octanol–water partition coefficient (Wildman–Crippen LogP) is 7.65. The first-order valence-corrected chi connectivity index (χ1v) is 12.9. The van der Waals surface area contributed by atoms with Gasteiger partial charge < -0.3 is 4.74 Å². The van der Waals surface area contributed by atoms with Gasteiger partial charge in [-0.3, -0.25) is 0 Å². The van der Waals surface area contributed by atoms with E-state index in [0.717, 1.165) is 67.2 Å². The molecule has 0 radical (unpaired) electrons. The first-order valence-electron chi connectivity index (χ1n) is 12.9. The Labute approximate surface area is 219 Å². The van der Waals surface area contributed by atoms with Gasteiger partial charge in [0.05, 0.1) is 22.8 Å². The van der Waals surface area contributed by atoms with E-state index >= 15 is 0 Å². The van der Waals surface area contributed by atoms with Gasteiger partial charge >= 0.3 is 5.97 Å². The number of esters is 1. The van der Waals surface area contributed by atoms with Crippen LogP contribution in [0.4, 0.5) is 0 Å². The fraction of sp³-hybridized carbons (Fsp3) is 0.312. The standard InChI is InChI=1S/C32H31N3O2/c1-3-5-7-9-23-13-16-27(19-28(23)20-33)24-11-14-26(15-12-24)32(36)37-31-18-17-25(10-8-6-4-2)29(21-34)30(31)22-35/h11-19H,3-10H2,1-2H3. The third-order valence-electron chi connectivity index (χ3n) is 6.46. The van der Waals surface area contributed by atoms with Gasteiger partial charge in [0.15, 0.2) is 0 Å². The van der Waals surface area contributed by atoms with Gasteiger partial charge in [0.2, 0.25) is 0 Å². The molecule has 0 aromatic heterocycles. The third-order valence-corrected chi connectivity index (χ3v) is 6.46. The number of carbonyl (C=O) groups is 1. The number of carbonyl (C=O) groups excluding carboxylic acids is 1. The van der Waals surface area contributed by atoms with Crippen LogP contribution in [0.15, 0.2) is 54.6 Å². The fourth-order valence-corrected chi connectivity index (χ4v) is 4.33. The van der Waals surface area contributed by atoms with E-state index in [9.17, 15) is 20.6 Å². The van der Waals surface area contributed by atoms with Crippen LogP contribution in [0, 0.1) is 34.0 Å². The Morgan fingerprint density at radius 3 is 1.89 bits per heavy atom. The molecule has 0 amide bonds. The first-order chi connectivity index (χ1) is 18.1. The van der Waals surface area contributed by atoms with Crippen LogP contribution in [0.5, 0.6) is 5.75 Å². The average molecular weight is 490 g/mol. The maximum absolute atomic E-state index is 12.8. The molecule has 0 fully saturated rings. The number of nitriles is 3. The molecule has 0 aliphatic rings. The summed E-state index contributed by atoms with van der Waals surface area (Å²) in [7, 11) is 0. The van der Waals surface area contributed by atoms with Crippen LogP contribution in [0.25, 0.3) is 11.1 Å². The van der Waals surface area contributed by atoms with Crippen molar-refractivity contribution in [3.05, 3.63) is 88.0 Å². The van der Waals surface area contributed by atoms with Crippen molar-refractivity contribution in [3.8, 4) is 35.1 Å². The summed E-state index contributed by atoms with van der Waals surface area (Å²) in [4.78, 5) is 12.8. The monoisotopic (exact) mass is 489 g/mol. The highest BCUT2D eigenvalue weighted by Crippen LogP contribution is 2.28. The summed E-state index contributed by atoms with van der Waals surface area (Å²) in [6.07, 6.45) is 7.96. The number of hydrogen-bond donors (Lipinski definition) is 0. The topological polar surface area (TPSA) is 97.7 Å². The number of ether oxygens (including phenoxy) is 1. The van der Waals surface area contributed by atoms with Crippen LogP contribution < -0.4 is 4.74 Å². The molecular formula is C32H31N3O2. The van der Waals surface area contributed by atoms with E-state index < -0.39 is 5.97 Å². The largest absolute Gasteiger partial charge is 0.421 e. The van der Waals surface area contributed by atoms with Crippen LogP contribution in [-0.2, 0) is 12.8 Å². The van der Waals surface area contributed by atoms with Gasteiger partial charge in [-0.15, -0.1) is 0 Å². The molecule has 3 aromatic rings. The van der Waals surface area contributed by atoms with Crippen molar-refractivity contribution in [1.82, 2.24) is 0 Å². The number of rotatable bonds is 11. The summed E-state index contributed by atoms with van der Waals surface area (Å²) in [5.74, 6) is -0.514. The second kappa shape index (κ2) is 13.6. The maximum Gasteiger partial charge on any atom is 0.343 e. The minimum Gasteiger partial charge on any atom is -0.421 e. The molecule has 0 saturated heterocycles. The van der Waals surface area contributed by atoms with Crippen molar-refractivity contribution in [2.45, 2.75) is 65.2 Å².